The predicted molar refractivity (Wildman–Crippen MR) is 110 cm³/mol. The smallest absolute Gasteiger partial charge is 0.261 e. The van der Waals surface area contributed by atoms with E-state index >= 15 is 0 Å². The minimum absolute atomic E-state index is 0.00873. The van der Waals surface area contributed by atoms with Gasteiger partial charge in [0.05, 0.1) is 6.54 Å². The highest BCUT2D eigenvalue weighted by Crippen LogP contribution is 2.30. The third kappa shape index (κ3) is 6.31. The predicted octanol–water partition coefficient (Wildman–Crippen LogP) is 4.65. The summed E-state index contributed by atoms with van der Waals surface area (Å²) in [6.45, 7) is 11.3. The molecule has 0 aromatic heterocycles. The molecule has 2 rings (SSSR count). The van der Waals surface area contributed by atoms with Crippen molar-refractivity contribution in [3.8, 4) is 11.5 Å². The van der Waals surface area contributed by atoms with Crippen molar-refractivity contribution in [2.24, 2.45) is 0 Å². The van der Waals surface area contributed by atoms with Crippen LogP contribution in [0.2, 0.25) is 0 Å². The Morgan fingerprint density at radius 1 is 1.11 bits per heavy atom. The molecule has 0 aliphatic heterocycles. The van der Waals surface area contributed by atoms with E-state index in [1.54, 1.807) is 0 Å². The van der Waals surface area contributed by atoms with Crippen LogP contribution in [-0.4, -0.2) is 25.2 Å². The normalized spacial score (nSPS) is 12.3. The fourth-order valence-electron chi connectivity index (χ4n) is 2.84. The first-order valence-corrected chi connectivity index (χ1v) is 9.54. The SMILES string of the molecule is CC[C@@H](Oc1cccc(C)c1)C(=O)NCCOc1ccccc1C(C)(C)C. The van der Waals surface area contributed by atoms with Crippen molar-refractivity contribution in [3.05, 3.63) is 59.7 Å². The van der Waals surface area contributed by atoms with E-state index in [0.29, 0.717) is 25.3 Å². The van der Waals surface area contributed by atoms with Crippen LogP contribution in [0.1, 0.15) is 45.2 Å². The molecule has 0 saturated heterocycles. The maximum atomic E-state index is 12.4. The van der Waals surface area contributed by atoms with E-state index in [1.807, 2.05) is 56.3 Å². The zero-order chi connectivity index (χ0) is 19.9. The van der Waals surface area contributed by atoms with E-state index in [9.17, 15) is 4.79 Å². The van der Waals surface area contributed by atoms with Gasteiger partial charge in [0.15, 0.2) is 6.10 Å². The molecule has 2 aromatic carbocycles. The number of carbonyl (C=O) groups excluding carboxylic acids is 1. The van der Waals surface area contributed by atoms with E-state index in [4.69, 9.17) is 9.47 Å². The molecule has 1 N–H and O–H groups in total. The lowest BCUT2D eigenvalue weighted by Crippen LogP contribution is -2.39. The highest BCUT2D eigenvalue weighted by molar-refractivity contribution is 5.81. The van der Waals surface area contributed by atoms with Crippen LogP contribution in [0.3, 0.4) is 0 Å². The zero-order valence-corrected chi connectivity index (χ0v) is 17.0. The Bertz CT molecular complexity index is 749. The Hall–Kier alpha value is -2.49. The van der Waals surface area contributed by atoms with Gasteiger partial charge in [-0.3, -0.25) is 4.79 Å². The van der Waals surface area contributed by atoms with E-state index in [0.717, 1.165) is 16.9 Å². The number of hydrogen-bond acceptors (Lipinski definition) is 3. The maximum Gasteiger partial charge on any atom is 0.261 e. The van der Waals surface area contributed by atoms with Gasteiger partial charge >= 0.3 is 0 Å². The number of aryl methyl sites for hydroxylation is 1. The highest BCUT2D eigenvalue weighted by Gasteiger charge is 2.19. The molecule has 0 unspecified atom stereocenters. The average Bonchev–Trinajstić information content (AvgIpc) is 2.62. The molecule has 0 fully saturated rings. The lowest BCUT2D eigenvalue weighted by atomic mass is 9.86. The van der Waals surface area contributed by atoms with Crippen molar-refractivity contribution >= 4 is 5.91 Å². The quantitative estimate of drug-likeness (QED) is 0.689. The summed E-state index contributed by atoms with van der Waals surface area (Å²) < 4.78 is 11.7. The Labute approximate surface area is 162 Å². The number of hydrogen-bond donors (Lipinski definition) is 1. The summed E-state index contributed by atoms with van der Waals surface area (Å²) in [7, 11) is 0. The van der Waals surface area contributed by atoms with Crippen LogP contribution in [0.4, 0.5) is 0 Å². The fraction of sp³-hybridized carbons (Fsp3) is 0.435. The second-order valence-corrected chi connectivity index (χ2v) is 7.72. The molecule has 0 aliphatic carbocycles. The molecule has 146 valence electrons. The van der Waals surface area contributed by atoms with Crippen LogP contribution in [-0.2, 0) is 10.2 Å². The second-order valence-electron chi connectivity index (χ2n) is 7.72. The lowest BCUT2D eigenvalue weighted by molar-refractivity contribution is -0.128. The lowest BCUT2D eigenvalue weighted by Gasteiger charge is -2.23. The molecule has 4 heteroatoms. The Morgan fingerprint density at radius 3 is 2.52 bits per heavy atom. The van der Waals surface area contributed by atoms with E-state index in [2.05, 4.69) is 32.2 Å². The Balaban J connectivity index is 1.85. The van der Waals surface area contributed by atoms with Crippen molar-refractivity contribution in [3.63, 3.8) is 0 Å². The summed E-state index contributed by atoms with van der Waals surface area (Å²) in [5, 5.41) is 2.91. The molecule has 4 nitrogen and oxygen atoms in total. The molecule has 0 radical (unpaired) electrons. The van der Waals surface area contributed by atoms with Crippen molar-refractivity contribution < 1.29 is 14.3 Å². The Kier molecular flexibility index (Phi) is 7.28. The van der Waals surface area contributed by atoms with Crippen molar-refractivity contribution in [1.82, 2.24) is 5.32 Å². The first-order valence-electron chi connectivity index (χ1n) is 9.54. The molecule has 0 aliphatic rings. The fourth-order valence-corrected chi connectivity index (χ4v) is 2.84. The molecule has 1 amide bonds. The number of nitrogens with one attached hydrogen (secondary N) is 1. The largest absolute Gasteiger partial charge is 0.491 e. The van der Waals surface area contributed by atoms with E-state index in [1.165, 1.54) is 0 Å². The zero-order valence-electron chi connectivity index (χ0n) is 17.0. The van der Waals surface area contributed by atoms with Crippen molar-refractivity contribution in [2.75, 3.05) is 13.2 Å². The van der Waals surface area contributed by atoms with Gasteiger partial charge in [0, 0.05) is 0 Å². The van der Waals surface area contributed by atoms with Gasteiger partial charge in [-0.25, -0.2) is 0 Å². The number of rotatable bonds is 8. The van der Waals surface area contributed by atoms with Gasteiger partial charge in [-0.15, -0.1) is 0 Å². The van der Waals surface area contributed by atoms with Crippen LogP contribution in [0.15, 0.2) is 48.5 Å². The Morgan fingerprint density at radius 2 is 1.85 bits per heavy atom. The third-order valence-electron chi connectivity index (χ3n) is 4.29. The van der Waals surface area contributed by atoms with Crippen molar-refractivity contribution in [2.45, 2.75) is 52.6 Å². The van der Waals surface area contributed by atoms with Gasteiger partial charge in [-0.05, 0) is 48.1 Å². The monoisotopic (exact) mass is 369 g/mol. The highest BCUT2D eigenvalue weighted by atomic mass is 16.5. The van der Waals surface area contributed by atoms with E-state index in [-0.39, 0.29) is 11.3 Å². The van der Waals surface area contributed by atoms with Gasteiger partial charge < -0.3 is 14.8 Å². The first-order chi connectivity index (χ1) is 12.8. The maximum absolute atomic E-state index is 12.4. The molecule has 0 spiro atoms. The molecular formula is C23H31NO3. The number of benzene rings is 2. The minimum Gasteiger partial charge on any atom is -0.491 e. The molecule has 0 bridgehead atoms. The van der Waals surface area contributed by atoms with Gasteiger partial charge in [-0.2, -0.15) is 0 Å². The average molecular weight is 370 g/mol. The number of ether oxygens (including phenoxy) is 2. The van der Waals surface area contributed by atoms with Crippen molar-refractivity contribution in [1.29, 1.82) is 0 Å². The molecule has 27 heavy (non-hydrogen) atoms. The first kappa shape index (κ1) is 20.8. The number of amides is 1. The summed E-state index contributed by atoms with van der Waals surface area (Å²) in [6.07, 6.45) is 0.0988. The molecule has 0 heterocycles. The number of para-hydroxylation sites is 1. The third-order valence-corrected chi connectivity index (χ3v) is 4.29. The summed E-state index contributed by atoms with van der Waals surface area (Å²) in [5.74, 6) is 1.46. The van der Waals surface area contributed by atoms with Crippen LogP contribution < -0.4 is 14.8 Å². The van der Waals surface area contributed by atoms with Gasteiger partial charge in [0.25, 0.3) is 5.91 Å². The minimum atomic E-state index is -0.506. The molecular weight excluding hydrogens is 338 g/mol. The summed E-state index contributed by atoms with van der Waals surface area (Å²) >= 11 is 0. The van der Waals surface area contributed by atoms with Gasteiger partial charge in [-0.1, -0.05) is 58.0 Å². The molecule has 0 saturated carbocycles. The van der Waals surface area contributed by atoms with Crippen LogP contribution in [0.5, 0.6) is 11.5 Å². The summed E-state index contributed by atoms with van der Waals surface area (Å²) in [4.78, 5) is 12.4. The topological polar surface area (TPSA) is 47.6 Å². The summed E-state index contributed by atoms with van der Waals surface area (Å²) in [6, 6.07) is 15.8. The number of carbonyl (C=O) groups is 1. The van der Waals surface area contributed by atoms with E-state index < -0.39 is 6.10 Å². The molecule has 2 aromatic rings. The summed E-state index contributed by atoms with van der Waals surface area (Å²) in [5.41, 5.74) is 2.27. The van der Waals surface area contributed by atoms with Gasteiger partial charge in [0.2, 0.25) is 0 Å². The van der Waals surface area contributed by atoms with Crippen LogP contribution in [0, 0.1) is 6.92 Å². The standard InChI is InChI=1S/C23H31NO3/c1-6-20(27-18-11-9-10-17(2)16-18)22(25)24-14-15-26-21-13-8-7-12-19(21)23(3,4)5/h7-13,16,20H,6,14-15H2,1-5H3,(H,24,25)/t20-/m1/s1. The molecule has 1 atom stereocenters. The van der Waals surface area contributed by atoms with Crippen LogP contribution >= 0.6 is 0 Å². The second kappa shape index (κ2) is 9.45. The van der Waals surface area contributed by atoms with Crippen LogP contribution in [0.25, 0.3) is 0 Å². The van der Waals surface area contributed by atoms with Gasteiger partial charge in [0.1, 0.15) is 18.1 Å².